The van der Waals surface area contributed by atoms with Crippen molar-refractivity contribution >= 4 is 10.0 Å². The molecule has 1 aromatic heterocycles. The molecule has 9 heteroatoms. The van der Waals surface area contributed by atoms with Crippen molar-refractivity contribution in [2.24, 2.45) is 0 Å². The van der Waals surface area contributed by atoms with E-state index >= 15 is 0 Å². The molecule has 5 nitrogen and oxygen atoms in total. The molecule has 1 fully saturated rings. The summed E-state index contributed by atoms with van der Waals surface area (Å²) in [6.07, 6.45) is -2.46. The largest absolute Gasteiger partial charge is 0.447 e. The molecule has 2 rings (SSSR count). The van der Waals surface area contributed by atoms with E-state index < -0.39 is 27.8 Å². The summed E-state index contributed by atoms with van der Waals surface area (Å²) in [5.41, 5.74) is 0. The maximum atomic E-state index is 12.0. The summed E-state index contributed by atoms with van der Waals surface area (Å²) in [5, 5.41) is 2.60. The fourth-order valence-electron chi connectivity index (χ4n) is 1.38. The third-order valence-corrected chi connectivity index (χ3v) is 3.78. The third-order valence-electron chi connectivity index (χ3n) is 2.51. The summed E-state index contributed by atoms with van der Waals surface area (Å²) < 4.78 is 65.4. The minimum absolute atomic E-state index is 0.361. The summed E-state index contributed by atoms with van der Waals surface area (Å²) in [6, 6.07) is 2.99. The molecule has 1 aliphatic rings. The molecule has 0 spiro atoms. The molecule has 0 saturated heterocycles. The Morgan fingerprint density at radius 2 is 2.00 bits per heavy atom. The Morgan fingerprint density at radius 3 is 2.58 bits per heavy atom. The molecule has 19 heavy (non-hydrogen) atoms. The van der Waals surface area contributed by atoms with Gasteiger partial charge in [0.2, 0.25) is 5.09 Å². The van der Waals surface area contributed by atoms with Gasteiger partial charge >= 0.3 is 6.18 Å². The van der Waals surface area contributed by atoms with Gasteiger partial charge in [-0.2, -0.15) is 17.9 Å². The topological polar surface area (TPSA) is 71.3 Å². The van der Waals surface area contributed by atoms with Crippen LogP contribution in [0.1, 0.15) is 18.6 Å². The van der Waals surface area contributed by atoms with Gasteiger partial charge in [-0.1, -0.05) is 0 Å². The normalized spacial score (nSPS) is 16.8. The number of furan rings is 1. The Labute approximate surface area is 108 Å². The predicted molar refractivity (Wildman–Crippen MR) is 59.8 cm³/mol. The van der Waals surface area contributed by atoms with E-state index in [9.17, 15) is 21.6 Å². The lowest BCUT2D eigenvalue weighted by Gasteiger charge is -2.07. The number of hydrogen-bond donors (Lipinski definition) is 2. The fourth-order valence-corrected chi connectivity index (χ4v) is 2.34. The van der Waals surface area contributed by atoms with E-state index in [0.717, 1.165) is 18.9 Å². The van der Waals surface area contributed by atoms with Crippen molar-refractivity contribution in [2.75, 3.05) is 6.54 Å². The van der Waals surface area contributed by atoms with Gasteiger partial charge in [0, 0.05) is 6.04 Å². The molecular weight excluding hydrogens is 285 g/mol. The standard InChI is InChI=1S/C10H13F3N2O3S/c11-10(12,13)6-15-19(16,17)9-4-3-8(18-9)5-14-7-1-2-7/h3-4,7,14-15H,1-2,5-6H2. The second-order valence-corrected chi connectivity index (χ2v) is 6.01. The van der Waals surface area contributed by atoms with Crippen molar-refractivity contribution < 1.29 is 26.0 Å². The van der Waals surface area contributed by atoms with Crippen molar-refractivity contribution in [3.63, 3.8) is 0 Å². The highest BCUT2D eigenvalue weighted by molar-refractivity contribution is 7.89. The van der Waals surface area contributed by atoms with Gasteiger partial charge in [-0.15, -0.1) is 0 Å². The van der Waals surface area contributed by atoms with Crippen molar-refractivity contribution in [1.82, 2.24) is 10.0 Å². The highest BCUT2D eigenvalue weighted by Crippen LogP contribution is 2.21. The molecule has 0 bridgehead atoms. The molecule has 0 aromatic carbocycles. The lowest BCUT2D eigenvalue weighted by Crippen LogP contribution is -2.33. The first-order chi connectivity index (χ1) is 8.76. The van der Waals surface area contributed by atoms with Crippen LogP contribution in [0.4, 0.5) is 13.2 Å². The molecule has 0 amide bonds. The van der Waals surface area contributed by atoms with Crippen molar-refractivity contribution in [2.45, 2.75) is 36.7 Å². The summed E-state index contributed by atoms with van der Waals surface area (Å²) in [6.45, 7) is -1.26. The zero-order chi connectivity index (χ0) is 14.1. The Balaban J connectivity index is 1.95. The summed E-state index contributed by atoms with van der Waals surface area (Å²) >= 11 is 0. The van der Waals surface area contributed by atoms with Crippen molar-refractivity contribution in [1.29, 1.82) is 0 Å². The molecule has 0 radical (unpaired) electrons. The van der Waals surface area contributed by atoms with Gasteiger partial charge in [-0.05, 0) is 25.0 Å². The molecule has 0 atom stereocenters. The summed E-state index contributed by atoms with van der Waals surface area (Å²) in [4.78, 5) is 0. The van der Waals surface area contributed by atoms with Gasteiger partial charge in [0.05, 0.1) is 6.54 Å². The number of hydrogen-bond acceptors (Lipinski definition) is 4. The van der Waals surface area contributed by atoms with Crippen molar-refractivity contribution in [3.05, 3.63) is 17.9 Å². The van der Waals surface area contributed by atoms with Gasteiger partial charge < -0.3 is 9.73 Å². The van der Waals surface area contributed by atoms with E-state index in [1.165, 1.54) is 10.8 Å². The quantitative estimate of drug-likeness (QED) is 0.832. The van der Waals surface area contributed by atoms with Gasteiger partial charge in [-0.3, -0.25) is 0 Å². The van der Waals surface area contributed by atoms with E-state index in [1.807, 2.05) is 0 Å². The molecule has 0 aliphatic heterocycles. The third kappa shape index (κ3) is 4.51. The Kier molecular flexibility index (Phi) is 3.88. The average Bonchev–Trinajstić information content (AvgIpc) is 3.00. The molecule has 108 valence electrons. The van der Waals surface area contributed by atoms with Crippen LogP contribution in [0.3, 0.4) is 0 Å². The van der Waals surface area contributed by atoms with E-state index in [2.05, 4.69) is 5.32 Å². The zero-order valence-corrected chi connectivity index (χ0v) is 10.6. The SMILES string of the molecule is O=S(=O)(NCC(F)(F)F)c1ccc(CNC2CC2)o1. The van der Waals surface area contributed by atoms with Gasteiger partial charge in [0.1, 0.15) is 12.3 Å². The maximum absolute atomic E-state index is 12.0. The van der Waals surface area contributed by atoms with Crippen LogP contribution in [0.25, 0.3) is 0 Å². The van der Waals surface area contributed by atoms with Crippen LogP contribution in [-0.4, -0.2) is 27.2 Å². The van der Waals surface area contributed by atoms with Gasteiger partial charge in [0.25, 0.3) is 10.0 Å². The highest BCUT2D eigenvalue weighted by Gasteiger charge is 2.31. The van der Waals surface area contributed by atoms with E-state index in [0.29, 0.717) is 18.3 Å². The number of rotatable bonds is 6. The minimum atomic E-state index is -4.60. The van der Waals surface area contributed by atoms with Crippen LogP contribution in [0.2, 0.25) is 0 Å². The van der Waals surface area contributed by atoms with Crippen LogP contribution in [0.15, 0.2) is 21.6 Å². The van der Waals surface area contributed by atoms with E-state index in [1.54, 1.807) is 0 Å². The van der Waals surface area contributed by atoms with Crippen molar-refractivity contribution in [3.8, 4) is 0 Å². The summed E-state index contributed by atoms with van der Waals surface area (Å²) in [7, 11) is -4.26. The molecule has 1 saturated carbocycles. The predicted octanol–water partition coefficient (Wildman–Crippen LogP) is 1.37. The van der Waals surface area contributed by atoms with Crippen LogP contribution >= 0.6 is 0 Å². The first kappa shape index (κ1) is 14.4. The number of alkyl halides is 3. The maximum Gasteiger partial charge on any atom is 0.402 e. The smallest absolute Gasteiger partial charge is 0.402 e. The van der Waals surface area contributed by atoms with Crippen LogP contribution in [-0.2, 0) is 16.6 Å². The summed E-state index contributed by atoms with van der Waals surface area (Å²) in [5.74, 6) is 0.374. The molecular formula is C10H13F3N2O3S. The van der Waals surface area contributed by atoms with Gasteiger partial charge in [0.15, 0.2) is 0 Å². The van der Waals surface area contributed by atoms with Crippen LogP contribution < -0.4 is 10.0 Å². The Morgan fingerprint density at radius 1 is 1.32 bits per heavy atom. The van der Waals surface area contributed by atoms with Crippen LogP contribution in [0, 0.1) is 0 Å². The first-order valence-corrected chi connectivity index (χ1v) is 7.13. The second-order valence-electron chi connectivity index (χ2n) is 4.32. The average molecular weight is 298 g/mol. The minimum Gasteiger partial charge on any atom is -0.447 e. The number of nitrogens with one attached hydrogen (secondary N) is 2. The zero-order valence-electron chi connectivity index (χ0n) is 9.83. The molecule has 0 unspecified atom stereocenters. The van der Waals surface area contributed by atoms with E-state index in [-0.39, 0.29) is 0 Å². The fraction of sp³-hybridized carbons (Fsp3) is 0.600. The number of halogens is 3. The molecule has 1 aromatic rings. The first-order valence-electron chi connectivity index (χ1n) is 5.65. The lowest BCUT2D eigenvalue weighted by atomic mass is 10.4. The van der Waals surface area contributed by atoms with Crippen LogP contribution in [0.5, 0.6) is 0 Å². The lowest BCUT2D eigenvalue weighted by molar-refractivity contribution is -0.121. The molecule has 1 heterocycles. The Hall–Kier alpha value is -1.06. The monoisotopic (exact) mass is 298 g/mol. The van der Waals surface area contributed by atoms with Gasteiger partial charge in [-0.25, -0.2) is 8.42 Å². The molecule has 1 aliphatic carbocycles. The Bertz CT molecular complexity index is 534. The number of sulfonamides is 1. The molecule has 2 N–H and O–H groups in total. The highest BCUT2D eigenvalue weighted by atomic mass is 32.2. The second kappa shape index (κ2) is 5.14. The van der Waals surface area contributed by atoms with E-state index in [4.69, 9.17) is 4.42 Å².